The number of benzene rings is 2. The van der Waals surface area contributed by atoms with Gasteiger partial charge in [-0.15, -0.1) is 0 Å². The van der Waals surface area contributed by atoms with Gasteiger partial charge in [0.1, 0.15) is 12.6 Å². The van der Waals surface area contributed by atoms with Crippen LogP contribution in [0.4, 0.5) is 5.69 Å². The van der Waals surface area contributed by atoms with Gasteiger partial charge in [0.15, 0.2) is 0 Å². The molecule has 0 saturated carbocycles. The van der Waals surface area contributed by atoms with Crippen molar-refractivity contribution in [2.75, 3.05) is 24.9 Å². The number of hydrogen-bond acceptors (Lipinski definition) is 4. The van der Waals surface area contributed by atoms with Crippen LogP contribution >= 0.6 is 23.2 Å². The maximum Gasteiger partial charge on any atom is 0.304 e. The van der Waals surface area contributed by atoms with Crippen molar-refractivity contribution in [3.05, 3.63) is 63.1 Å². The smallest absolute Gasteiger partial charge is 0.304 e. The van der Waals surface area contributed by atoms with E-state index < -0.39 is 34.2 Å². The number of anilines is 1. The summed E-state index contributed by atoms with van der Waals surface area (Å²) in [5.74, 6) is -0.936. The SMILES string of the molecule is Cc1ccc(C)c(N(CC(=O)N(Cc2ccc(Cl)cc2Cl)C(C)C(=O)NC(C)(C)C)S(=O)(=O)N(C)C)c1. The number of rotatable bonds is 9. The summed E-state index contributed by atoms with van der Waals surface area (Å²) in [5.41, 5.74) is 1.96. The van der Waals surface area contributed by atoms with Gasteiger partial charge in [-0.2, -0.15) is 12.7 Å². The second kappa shape index (κ2) is 12.0. The lowest BCUT2D eigenvalue weighted by atomic mass is 10.1. The molecule has 0 aliphatic rings. The van der Waals surface area contributed by atoms with Crippen LogP contribution in [-0.4, -0.2) is 61.7 Å². The Morgan fingerprint density at radius 2 is 1.65 bits per heavy atom. The molecule has 1 N–H and O–H groups in total. The third-order valence-electron chi connectivity index (χ3n) is 5.67. The van der Waals surface area contributed by atoms with Gasteiger partial charge in [0.05, 0.1) is 5.69 Å². The highest BCUT2D eigenvalue weighted by atomic mass is 35.5. The summed E-state index contributed by atoms with van der Waals surface area (Å²) in [4.78, 5) is 28.3. The molecule has 0 saturated heterocycles. The van der Waals surface area contributed by atoms with Crippen molar-refractivity contribution in [3.8, 4) is 0 Å². The summed E-state index contributed by atoms with van der Waals surface area (Å²) in [5, 5.41) is 3.65. The predicted molar refractivity (Wildman–Crippen MR) is 150 cm³/mol. The molecule has 204 valence electrons. The molecule has 2 rings (SSSR count). The molecule has 0 aliphatic heterocycles. The Balaban J connectivity index is 2.56. The summed E-state index contributed by atoms with van der Waals surface area (Å²) in [6.45, 7) is 10.2. The average molecular weight is 572 g/mol. The number of nitrogens with one attached hydrogen (secondary N) is 1. The van der Waals surface area contributed by atoms with E-state index in [1.807, 2.05) is 33.8 Å². The van der Waals surface area contributed by atoms with E-state index in [1.54, 1.807) is 44.2 Å². The van der Waals surface area contributed by atoms with E-state index in [1.165, 1.54) is 19.0 Å². The van der Waals surface area contributed by atoms with Crippen LogP contribution in [0.15, 0.2) is 36.4 Å². The molecule has 37 heavy (non-hydrogen) atoms. The van der Waals surface area contributed by atoms with Gasteiger partial charge in [0.2, 0.25) is 11.8 Å². The number of hydrogen-bond donors (Lipinski definition) is 1. The van der Waals surface area contributed by atoms with Crippen LogP contribution in [0.1, 0.15) is 44.4 Å². The second-order valence-electron chi connectivity index (χ2n) is 10.3. The van der Waals surface area contributed by atoms with Crippen LogP contribution in [0.5, 0.6) is 0 Å². The number of aryl methyl sites for hydroxylation is 2. The van der Waals surface area contributed by atoms with Crippen LogP contribution in [0.2, 0.25) is 10.0 Å². The second-order valence-corrected chi connectivity index (χ2v) is 13.2. The fourth-order valence-electron chi connectivity index (χ4n) is 3.58. The largest absolute Gasteiger partial charge is 0.350 e. The monoisotopic (exact) mass is 570 g/mol. The van der Waals surface area contributed by atoms with Gasteiger partial charge in [0, 0.05) is 36.2 Å². The highest BCUT2D eigenvalue weighted by Gasteiger charge is 2.34. The standard InChI is InChI=1S/C26H36Cl2N4O4S/c1-17-9-10-18(2)23(13-17)32(37(35,36)30(7)8)16-24(33)31(19(3)25(34)29-26(4,5)6)15-20-11-12-21(27)14-22(20)28/h9-14,19H,15-16H2,1-8H3,(H,29,34). The molecule has 2 aromatic rings. The normalized spacial score (nSPS) is 12.8. The van der Waals surface area contributed by atoms with Crippen molar-refractivity contribution < 1.29 is 18.0 Å². The van der Waals surface area contributed by atoms with Gasteiger partial charge in [-0.3, -0.25) is 9.59 Å². The first kappa shape index (κ1) is 30.9. The van der Waals surface area contributed by atoms with Crippen molar-refractivity contribution in [1.82, 2.24) is 14.5 Å². The number of nitrogens with zero attached hydrogens (tertiary/aromatic N) is 3. The van der Waals surface area contributed by atoms with Crippen molar-refractivity contribution >= 4 is 50.9 Å². The molecule has 11 heteroatoms. The molecule has 0 fully saturated rings. The molecule has 1 unspecified atom stereocenters. The molecule has 2 aromatic carbocycles. The minimum atomic E-state index is -4.05. The third kappa shape index (κ3) is 8.07. The Hall–Kier alpha value is -2.33. The summed E-state index contributed by atoms with van der Waals surface area (Å²) in [6.07, 6.45) is 0. The summed E-state index contributed by atoms with van der Waals surface area (Å²) >= 11 is 12.4. The van der Waals surface area contributed by atoms with Crippen LogP contribution in [0, 0.1) is 13.8 Å². The first-order valence-electron chi connectivity index (χ1n) is 11.8. The fraction of sp³-hybridized carbons (Fsp3) is 0.462. The lowest BCUT2D eigenvalue weighted by molar-refractivity contribution is -0.140. The highest BCUT2D eigenvalue weighted by Crippen LogP contribution is 2.27. The highest BCUT2D eigenvalue weighted by molar-refractivity contribution is 7.90. The van der Waals surface area contributed by atoms with Crippen LogP contribution in [0.25, 0.3) is 0 Å². The summed E-state index contributed by atoms with van der Waals surface area (Å²) in [6, 6.07) is 9.36. The van der Waals surface area contributed by atoms with E-state index in [0.29, 0.717) is 26.9 Å². The molecule has 2 amide bonds. The zero-order valence-corrected chi connectivity index (χ0v) is 24.9. The molecule has 0 aromatic heterocycles. The van der Waals surface area contributed by atoms with Gasteiger partial charge in [-0.25, -0.2) is 4.31 Å². The maximum absolute atomic E-state index is 13.8. The Morgan fingerprint density at radius 3 is 2.19 bits per heavy atom. The van der Waals surface area contributed by atoms with Gasteiger partial charge in [-0.05, 0) is 76.4 Å². The summed E-state index contributed by atoms with van der Waals surface area (Å²) < 4.78 is 28.8. The van der Waals surface area contributed by atoms with Crippen molar-refractivity contribution in [2.45, 2.75) is 59.7 Å². The van der Waals surface area contributed by atoms with Crippen LogP contribution in [0.3, 0.4) is 0 Å². The first-order chi connectivity index (χ1) is 16.9. The minimum absolute atomic E-state index is 0.0176. The van der Waals surface area contributed by atoms with E-state index in [0.717, 1.165) is 14.2 Å². The Labute approximate surface area is 230 Å². The van der Waals surface area contributed by atoms with Crippen molar-refractivity contribution in [3.63, 3.8) is 0 Å². The van der Waals surface area contributed by atoms with Gasteiger partial charge < -0.3 is 10.2 Å². The van der Waals surface area contributed by atoms with Crippen molar-refractivity contribution in [1.29, 1.82) is 0 Å². The lowest BCUT2D eigenvalue weighted by Crippen LogP contribution is -2.55. The van der Waals surface area contributed by atoms with Gasteiger partial charge >= 0.3 is 10.2 Å². The zero-order valence-electron chi connectivity index (χ0n) is 22.6. The quantitative estimate of drug-likeness (QED) is 0.478. The maximum atomic E-state index is 13.8. The Morgan fingerprint density at radius 1 is 1.03 bits per heavy atom. The molecule has 1 atom stereocenters. The Bertz CT molecular complexity index is 1260. The third-order valence-corrected chi connectivity index (χ3v) is 8.07. The number of carbonyl (C=O) groups excluding carboxylic acids is 2. The summed E-state index contributed by atoms with van der Waals surface area (Å²) in [7, 11) is -1.24. The average Bonchev–Trinajstić information content (AvgIpc) is 2.76. The van der Waals surface area contributed by atoms with Crippen molar-refractivity contribution in [2.24, 2.45) is 0 Å². The van der Waals surface area contributed by atoms with Gasteiger partial charge in [0.25, 0.3) is 0 Å². The molecule has 0 heterocycles. The van der Waals surface area contributed by atoms with Gasteiger partial charge in [-0.1, -0.05) is 41.4 Å². The molecular weight excluding hydrogens is 535 g/mol. The van der Waals surface area contributed by atoms with E-state index >= 15 is 0 Å². The first-order valence-corrected chi connectivity index (χ1v) is 13.9. The Kier molecular flexibility index (Phi) is 10.0. The lowest BCUT2D eigenvalue weighted by Gasteiger charge is -2.34. The number of carbonyl (C=O) groups is 2. The predicted octanol–water partition coefficient (Wildman–Crippen LogP) is 4.56. The molecular formula is C26H36Cl2N4O4S. The van der Waals surface area contributed by atoms with Crippen LogP contribution < -0.4 is 9.62 Å². The topological polar surface area (TPSA) is 90.0 Å². The number of amides is 2. The van der Waals surface area contributed by atoms with E-state index in [4.69, 9.17) is 23.2 Å². The molecule has 0 radical (unpaired) electrons. The fourth-order valence-corrected chi connectivity index (χ4v) is 5.16. The van der Waals surface area contributed by atoms with E-state index in [2.05, 4.69) is 5.32 Å². The van der Waals surface area contributed by atoms with E-state index in [-0.39, 0.29) is 12.5 Å². The molecule has 0 aliphatic carbocycles. The molecule has 8 nitrogen and oxygen atoms in total. The molecule has 0 spiro atoms. The number of halogens is 2. The van der Waals surface area contributed by atoms with E-state index in [9.17, 15) is 18.0 Å². The zero-order chi connectivity index (χ0) is 28.3. The minimum Gasteiger partial charge on any atom is -0.350 e. The molecule has 0 bridgehead atoms. The van der Waals surface area contributed by atoms with Crippen LogP contribution in [-0.2, 0) is 26.3 Å².